The van der Waals surface area contributed by atoms with Gasteiger partial charge in [-0.1, -0.05) is 20.3 Å². The van der Waals surface area contributed by atoms with E-state index in [4.69, 9.17) is 0 Å². The Kier molecular flexibility index (Phi) is 8.04. The smallest absolute Gasteiger partial charge is 0.251 e. The second-order valence-electron chi connectivity index (χ2n) is 5.42. The summed E-state index contributed by atoms with van der Waals surface area (Å²) in [6, 6.07) is 7.33. The number of rotatable bonds is 9. The molecule has 5 heteroatoms. The van der Waals surface area contributed by atoms with Gasteiger partial charge in [-0.2, -0.15) is 0 Å². The Bertz CT molecular complexity index is 471. The third-order valence-corrected chi connectivity index (χ3v) is 3.44. The van der Waals surface area contributed by atoms with Gasteiger partial charge in [0.25, 0.3) is 5.91 Å². The van der Waals surface area contributed by atoms with E-state index in [-0.39, 0.29) is 24.4 Å². The maximum Gasteiger partial charge on any atom is 0.251 e. The molecule has 0 radical (unpaired) electrons. The molecule has 22 heavy (non-hydrogen) atoms. The summed E-state index contributed by atoms with van der Waals surface area (Å²) in [4.78, 5) is 23.5. The fourth-order valence-electron chi connectivity index (χ4n) is 1.83. The molecule has 3 N–H and O–H groups in total. The fraction of sp³-hybridized carbons (Fsp3) is 0.529. The number of carbonyl (C=O) groups is 2. The lowest BCUT2D eigenvalue weighted by Gasteiger charge is -2.12. The summed E-state index contributed by atoms with van der Waals surface area (Å²) in [5.74, 6) is -0.0924. The molecule has 0 bridgehead atoms. The van der Waals surface area contributed by atoms with Gasteiger partial charge in [0, 0.05) is 23.8 Å². The Morgan fingerprint density at radius 2 is 1.82 bits per heavy atom. The first-order chi connectivity index (χ1) is 10.6. The van der Waals surface area contributed by atoms with Crippen molar-refractivity contribution in [2.75, 3.05) is 18.4 Å². The van der Waals surface area contributed by atoms with E-state index in [9.17, 15) is 9.59 Å². The van der Waals surface area contributed by atoms with Gasteiger partial charge in [0.15, 0.2) is 0 Å². The Balaban J connectivity index is 2.41. The van der Waals surface area contributed by atoms with Gasteiger partial charge in [-0.25, -0.2) is 0 Å². The molecule has 0 heterocycles. The van der Waals surface area contributed by atoms with Crippen molar-refractivity contribution in [1.29, 1.82) is 0 Å². The lowest BCUT2D eigenvalue weighted by Crippen LogP contribution is -2.36. The van der Waals surface area contributed by atoms with E-state index in [2.05, 4.69) is 22.9 Å². The highest BCUT2D eigenvalue weighted by Gasteiger charge is 2.06. The zero-order valence-corrected chi connectivity index (χ0v) is 13.7. The molecule has 122 valence electrons. The number of carbonyl (C=O) groups excluding carboxylic acids is 2. The summed E-state index contributed by atoms with van der Waals surface area (Å²) >= 11 is 0. The quantitative estimate of drug-likeness (QED) is 0.614. The second-order valence-corrected chi connectivity index (χ2v) is 5.42. The van der Waals surface area contributed by atoms with Gasteiger partial charge in [-0.15, -0.1) is 0 Å². The normalized spacial score (nSPS) is 11.6. The van der Waals surface area contributed by atoms with E-state index in [1.54, 1.807) is 12.1 Å². The molecular formula is C17H27N3O2. The second kappa shape index (κ2) is 9.82. The van der Waals surface area contributed by atoms with Crippen molar-refractivity contribution in [2.45, 2.75) is 46.1 Å². The molecule has 0 aliphatic heterocycles. The van der Waals surface area contributed by atoms with Crippen LogP contribution in [0, 0.1) is 0 Å². The Hall–Kier alpha value is -2.04. The van der Waals surface area contributed by atoms with Crippen molar-refractivity contribution in [2.24, 2.45) is 0 Å². The third kappa shape index (κ3) is 6.61. The summed E-state index contributed by atoms with van der Waals surface area (Å²) in [5.41, 5.74) is 1.45. The molecule has 2 amide bonds. The van der Waals surface area contributed by atoms with Crippen molar-refractivity contribution in [1.82, 2.24) is 10.6 Å². The molecule has 1 rings (SSSR count). The highest BCUT2D eigenvalue weighted by Crippen LogP contribution is 2.09. The van der Waals surface area contributed by atoms with Crippen LogP contribution in [0.5, 0.6) is 0 Å². The minimum atomic E-state index is -0.0606. The molecule has 0 aliphatic rings. The summed E-state index contributed by atoms with van der Waals surface area (Å²) in [5, 5.41) is 8.82. The van der Waals surface area contributed by atoms with Gasteiger partial charge in [-0.05, 0) is 44.0 Å². The molecule has 1 unspecified atom stereocenters. The first-order valence-corrected chi connectivity index (χ1v) is 7.98. The Morgan fingerprint density at radius 1 is 1.14 bits per heavy atom. The van der Waals surface area contributed by atoms with Crippen LogP contribution in [-0.2, 0) is 4.79 Å². The SMILES string of the molecule is CCCCNC(=O)c1ccc(NCC(=O)NC(C)CC)cc1. The predicted molar refractivity (Wildman–Crippen MR) is 90.1 cm³/mol. The molecule has 0 saturated carbocycles. The molecule has 0 spiro atoms. The molecule has 0 fully saturated rings. The maximum absolute atomic E-state index is 11.9. The lowest BCUT2D eigenvalue weighted by molar-refractivity contribution is -0.120. The minimum Gasteiger partial charge on any atom is -0.376 e. The maximum atomic E-state index is 11.9. The van der Waals surface area contributed by atoms with E-state index in [0.29, 0.717) is 12.1 Å². The topological polar surface area (TPSA) is 70.2 Å². The zero-order chi connectivity index (χ0) is 16.4. The van der Waals surface area contributed by atoms with Gasteiger partial charge >= 0.3 is 0 Å². The lowest BCUT2D eigenvalue weighted by atomic mass is 10.2. The number of hydrogen-bond acceptors (Lipinski definition) is 3. The van der Waals surface area contributed by atoms with Crippen LogP contribution in [0.1, 0.15) is 50.4 Å². The third-order valence-electron chi connectivity index (χ3n) is 3.44. The van der Waals surface area contributed by atoms with Crippen molar-refractivity contribution in [3.05, 3.63) is 29.8 Å². The first kappa shape index (κ1) is 18.0. The molecular weight excluding hydrogens is 278 g/mol. The molecule has 0 aromatic heterocycles. The molecule has 0 saturated heterocycles. The molecule has 1 atom stereocenters. The van der Waals surface area contributed by atoms with Crippen LogP contribution in [0.15, 0.2) is 24.3 Å². The van der Waals surface area contributed by atoms with Crippen LogP contribution in [0.4, 0.5) is 5.69 Å². The fourth-order valence-corrected chi connectivity index (χ4v) is 1.83. The summed E-state index contributed by atoms with van der Waals surface area (Å²) < 4.78 is 0. The highest BCUT2D eigenvalue weighted by atomic mass is 16.2. The van der Waals surface area contributed by atoms with E-state index >= 15 is 0 Å². The van der Waals surface area contributed by atoms with E-state index in [1.165, 1.54) is 0 Å². The van der Waals surface area contributed by atoms with Crippen LogP contribution in [-0.4, -0.2) is 30.9 Å². The largest absolute Gasteiger partial charge is 0.376 e. The summed E-state index contributed by atoms with van der Waals surface area (Å²) in [7, 11) is 0. The number of hydrogen-bond donors (Lipinski definition) is 3. The van der Waals surface area contributed by atoms with Crippen LogP contribution in [0.2, 0.25) is 0 Å². The van der Waals surface area contributed by atoms with Crippen LogP contribution in [0.25, 0.3) is 0 Å². The number of anilines is 1. The van der Waals surface area contributed by atoms with Crippen molar-refractivity contribution in [3.63, 3.8) is 0 Å². The van der Waals surface area contributed by atoms with E-state index < -0.39 is 0 Å². The summed E-state index contributed by atoms with van der Waals surface area (Å²) in [6.45, 7) is 7.02. The molecule has 0 aliphatic carbocycles. The van der Waals surface area contributed by atoms with Crippen molar-refractivity contribution < 1.29 is 9.59 Å². The standard InChI is InChI=1S/C17H27N3O2/c1-4-6-11-18-17(22)14-7-9-15(10-8-14)19-12-16(21)20-13(3)5-2/h7-10,13,19H,4-6,11-12H2,1-3H3,(H,18,22)(H,20,21). The highest BCUT2D eigenvalue weighted by molar-refractivity contribution is 5.94. The van der Waals surface area contributed by atoms with Gasteiger partial charge in [0.05, 0.1) is 6.54 Å². The van der Waals surface area contributed by atoms with Gasteiger partial charge in [0.2, 0.25) is 5.91 Å². The molecule has 5 nitrogen and oxygen atoms in total. The number of unbranched alkanes of at least 4 members (excludes halogenated alkanes) is 1. The predicted octanol–water partition coefficient (Wildman–Crippen LogP) is 2.54. The molecule has 1 aromatic carbocycles. The van der Waals surface area contributed by atoms with Gasteiger partial charge in [-0.3, -0.25) is 9.59 Å². The summed E-state index contributed by atoms with van der Waals surface area (Å²) in [6.07, 6.45) is 2.95. The minimum absolute atomic E-state index is 0.0317. The van der Waals surface area contributed by atoms with E-state index in [1.807, 2.05) is 26.0 Å². The van der Waals surface area contributed by atoms with Crippen molar-refractivity contribution >= 4 is 17.5 Å². The van der Waals surface area contributed by atoms with Crippen LogP contribution in [0.3, 0.4) is 0 Å². The Labute approximate surface area is 132 Å². The average Bonchev–Trinajstić information content (AvgIpc) is 2.53. The van der Waals surface area contributed by atoms with Crippen molar-refractivity contribution in [3.8, 4) is 0 Å². The van der Waals surface area contributed by atoms with Gasteiger partial charge in [0.1, 0.15) is 0 Å². The monoisotopic (exact) mass is 305 g/mol. The van der Waals surface area contributed by atoms with E-state index in [0.717, 1.165) is 24.9 Å². The van der Waals surface area contributed by atoms with Crippen LogP contribution < -0.4 is 16.0 Å². The Morgan fingerprint density at radius 3 is 2.41 bits per heavy atom. The number of benzene rings is 1. The average molecular weight is 305 g/mol. The molecule has 1 aromatic rings. The zero-order valence-electron chi connectivity index (χ0n) is 13.7. The number of nitrogens with one attached hydrogen (secondary N) is 3. The number of amides is 2. The van der Waals surface area contributed by atoms with Crippen LogP contribution >= 0.6 is 0 Å². The first-order valence-electron chi connectivity index (χ1n) is 7.98. The van der Waals surface area contributed by atoms with Gasteiger partial charge < -0.3 is 16.0 Å².